The molecule has 2 atom stereocenters. The Morgan fingerprint density at radius 1 is 1.25 bits per heavy atom. The van der Waals surface area contributed by atoms with Gasteiger partial charge in [0.2, 0.25) is 5.89 Å². The van der Waals surface area contributed by atoms with Crippen LogP contribution < -0.4 is 0 Å². The standard InChI is InChI=1S/C19H20ClNO3/c20-19-8-12-5-13(9-19)7-18(6-12,11-19)17(22)23-10-16-21-14-3-1-2-4-15(14)24-16/h1-4,12-13H,5-11H2/t12-,13-,18?,19?/m1/s1. The molecule has 24 heavy (non-hydrogen) atoms. The molecule has 4 fully saturated rings. The van der Waals surface area contributed by atoms with Gasteiger partial charge in [0.25, 0.3) is 0 Å². The lowest BCUT2D eigenvalue weighted by Gasteiger charge is -2.58. The van der Waals surface area contributed by atoms with Gasteiger partial charge in [0, 0.05) is 4.87 Å². The average Bonchev–Trinajstić information content (AvgIpc) is 2.93. The molecule has 4 aliphatic rings. The second-order valence-electron chi connectivity index (χ2n) is 8.04. The van der Waals surface area contributed by atoms with Crippen molar-refractivity contribution in [3.63, 3.8) is 0 Å². The minimum atomic E-state index is -0.377. The molecule has 0 amide bonds. The summed E-state index contributed by atoms with van der Waals surface area (Å²) in [5.74, 6) is 1.51. The van der Waals surface area contributed by atoms with Crippen LogP contribution in [0.4, 0.5) is 0 Å². The molecule has 0 radical (unpaired) electrons. The van der Waals surface area contributed by atoms with E-state index in [4.69, 9.17) is 20.8 Å². The number of hydrogen-bond acceptors (Lipinski definition) is 4. The maximum Gasteiger partial charge on any atom is 0.312 e. The van der Waals surface area contributed by atoms with Crippen LogP contribution in [0.2, 0.25) is 0 Å². The number of aromatic nitrogens is 1. The van der Waals surface area contributed by atoms with Gasteiger partial charge in [0.15, 0.2) is 12.2 Å². The van der Waals surface area contributed by atoms with Crippen LogP contribution in [0.1, 0.15) is 44.4 Å². The van der Waals surface area contributed by atoms with E-state index < -0.39 is 0 Å². The van der Waals surface area contributed by atoms with Gasteiger partial charge >= 0.3 is 5.97 Å². The van der Waals surface area contributed by atoms with E-state index in [2.05, 4.69) is 4.98 Å². The summed E-state index contributed by atoms with van der Waals surface area (Å²) in [5.41, 5.74) is 1.13. The number of carbonyl (C=O) groups is 1. The van der Waals surface area contributed by atoms with Crippen LogP contribution in [0.25, 0.3) is 11.1 Å². The zero-order valence-electron chi connectivity index (χ0n) is 13.5. The highest BCUT2D eigenvalue weighted by molar-refractivity contribution is 6.24. The highest BCUT2D eigenvalue weighted by Crippen LogP contribution is 2.64. The fourth-order valence-corrected chi connectivity index (χ4v) is 6.34. The monoisotopic (exact) mass is 345 g/mol. The molecule has 4 aliphatic carbocycles. The summed E-state index contributed by atoms with van der Waals surface area (Å²) in [6.45, 7) is 0.0971. The van der Waals surface area contributed by atoms with Crippen molar-refractivity contribution in [2.45, 2.75) is 50.0 Å². The van der Waals surface area contributed by atoms with E-state index in [0.717, 1.165) is 43.2 Å². The number of alkyl halides is 1. The van der Waals surface area contributed by atoms with Crippen molar-refractivity contribution in [1.29, 1.82) is 0 Å². The van der Waals surface area contributed by atoms with Gasteiger partial charge in [-0.15, -0.1) is 11.6 Å². The summed E-state index contributed by atoms with van der Waals surface area (Å²) in [6, 6.07) is 7.57. The molecule has 1 aromatic heterocycles. The Balaban J connectivity index is 1.33. The molecular weight excluding hydrogens is 326 g/mol. The number of halogens is 1. The first kappa shape index (κ1) is 14.8. The van der Waals surface area contributed by atoms with E-state index >= 15 is 0 Å². The van der Waals surface area contributed by atoms with E-state index in [0.29, 0.717) is 17.7 Å². The largest absolute Gasteiger partial charge is 0.455 e. The number of para-hydroxylation sites is 2. The normalized spacial score (nSPS) is 37.0. The van der Waals surface area contributed by atoms with Gasteiger partial charge in [-0.25, -0.2) is 4.98 Å². The van der Waals surface area contributed by atoms with Crippen LogP contribution in [-0.4, -0.2) is 15.8 Å². The number of benzene rings is 1. The molecule has 1 aromatic carbocycles. The highest BCUT2D eigenvalue weighted by atomic mass is 35.5. The number of carbonyl (C=O) groups excluding carboxylic acids is 1. The number of hydrogen-bond donors (Lipinski definition) is 0. The highest BCUT2D eigenvalue weighted by Gasteiger charge is 2.60. The third-order valence-corrected chi connectivity index (χ3v) is 6.53. The Bertz CT molecular complexity index is 767. The summed E-state index contributed by atoms with van der Waals surface area (Å²) in [6.07, 6.45) is 5.99. The molecule has 4 nitrogen and oxygen atoms in total. The van der Waals surface area contributed by atoms with Crippen LogP contribution in [0.3, 0.4) is 0 Å². The number of rotatable bonds is 3. The Hall–Kier alpha value is -1.55. The van der Waals surface area contributed by atoms with E-state index in [1.165, 1.54) is 6.42 Å². The zero-order valence-corrected chi connectivity index (χ0v) is 14.2. The minimum absolute atomic E-state index is 0.0971. The first-order valence-electron chi connectivity index (χ1n) is 8.74. The van der Waals surface area contributed by atoms with Gasteiger partial charge in [-0.05, 0) is 62.5 Å². The summed E-state index contributed by atoms with van der Waals surface area (Å²) in [7, 11) is 0. The maximum absolute atomic E-state index is 12.9. The Morgan fingerprint density at radius 2 is 2.00 bits per heavy atom. The SMILES string of the molecule is O=C(OCc1nc2ccccc2o1)C12C[C@H]3C[C@@H](CC(Cl)(C3)C1)C2. The Labute approximate surface area is 145 Å². The molecule has 4 saturated carbocycles. The van der Waals surface area contributed by atoms with Gasteiger partial charge in [-0.3, -0.25) is 4.79 Å². The first-order chi connectivity index (χ1) is 11.5. The van der Waals surface area contributed by atoms with Gasteiger partial charge in [-0.1, -0.05) is 12.1 Å². The minimum Gasteiger partial charge on any atom is -0.455 e. The Morgan fingerprint density at radius 3 is 2.71 bits per heavy atom. The first-order valence-corrected chi connectivity index (χ1v) is 9.12. The smallest absolute Gasteiger partial charge is 0.312 e. The number of ether oxygens (including phenoxy) is 1. The number of nitrogens with zero attached hydrogens (tertiary/aromatic N) is 1. The van der Waals surface area contributed by atoms with Crippen LogP contribution in [-0.2, 0) is 16.1 Å². The molecule has 0 unspecified atom stereocenters. The predicted molar refractivity (Wildman–Crippen MR) is 89.5 cm³/mol. The van der Waals surface area contributed by atoms with Crippen LogP contribution in [0.15, 0.2) is 28.7 Å². The second kappa shape index (κ2) is 4.98. The summed E-state index contributed by atoms with van der Waals surface area (Å²) in [4.78, 5) is 17.1. The third-order valence-electron chi connectivity index (χ3n) is 6.09. The van der Waals surface area contributed by atoms with Crippen molar-refractivity contribution >= 4 is 28.7 Å². The number of oxazole rings is 1. The lowest BCUT2D eigenvalue weighted by Crippen LogP contribution is -2.56. The van der Waals surface area contributed by atoms with Crippen molar-refractivity contribution in [3.05, 3.63) is 30.2 Å². The van der Waals surface area contributed by atoms with Crippen LogP contribution >= 0.6 is 11.6 Å². The molecule has 6 rings (SSSR count). The van der Waals surface area contributed by atoms with Gasteiger partial charge in [0.1, 0.15) is 5.52 Å². The van der Waals surface area contributed by atoms with E-state index in [1.54, 1.807) is 0 Å². The lowest BCUT2D eigenvalue weighted by molar-refractivity contribution is -0.172. The van der Waals surface area contributed by atoms with E-state index in [-0.39, 0.29) is 22.9 Å². The summed E-state index contributed by atoms with van der Waals surface area (Å²) in [5, 5.41) is 0. The van der Waals surface area contributed by atoms with Crippen molar-refractivity contribution in [3.8, 4) is 0 Å². The maximum atomic E-state index is 12.9. The second-order valence-corrected chi connectivity index (χ2v) is 8.85. The van der Waals surface area contributed by atoms with Crippen LogP contribution in [0, 0.1) is 17.3 Å². The average molecular weight is 346 g/mol. The molecule has 0 spiro atoms. The predicted octanol–water partition coefficient (Wildman–Crippen LogP) is 4.45. The van der Waals surface area contributed by atoms with E-state index in [1.807, 2.05) is 24.3 Å². The van der Waals surface area contributed by atoms with Crippen molar-refractivity contribution in [2.75, 3.05) is 0 Å². The molecule has 0 saturated heterocycles. The molecule has 126 valence electrons. The van der Waals surface area contributed by atoms with Crippen LogP contribution in [0.5, 0.6) is 0 Å². The number of fused-ring (bicyclic) bond motifs is 1. The van der Waals surface area contributed by atoms with Gasteiger partial charge < -0.3 is 9.15 Å². The van der Waals surface area contributed by atoms with E-state index in [9.17, 15) is 4.79 Å². The summed E-state index contributed by atoms with van der Waals surface area (Å²) >= 11 is 6.80. The molecule has 1 heterocycles. The third kappa shape index (κ3) is 2.26. The van der Waals surface area contributed by atoms with Gasteiger partial charge in [-0.2, -0.15) is 0 Å². The Kier molecular flexibility index (Phi) is 3.06. The topological polar surface area (TPSA) is 52.3 Å². The quantitative estimate of drug-likeness (QED) is 0.609. The zero-order chi connectivity index (χ0) is 16.4. The number of esters is 1. The molecule has 5 heteroatoms. The van der Waals surface area contributed by atoms with Crippen molar-refractivity contribution in [1.82, 2.24) is 4.98 Å². The van der Waals surface area contributed by atoms with Crippen molar-refractivity contribution in [2.24, 2.45) is 17.3 Å². The molecule has 0 aliphatic heterocycles. The molecule has 4 bridgehead atoms. The fourth-order valence-electron chi connectivity index (χ4n) is 5.65. The lowest BCUT2D eigenvalue weighted by atomic mass is 9.49. The molecule has 2 aromatic rings. The summed E-state index contributed by atoms with van der Waals surface area (Å²) < 4.78 is 11.3. The molecular formula is C19H20ClNO3. The van der Waals surface area contributed by atoms with Crippen molar-refractivity contribution < 1.29 is 13.9 Å². The fraction of sp³-hybridized carbons (Fsp3) is 0.579. The van der Waals surface area contributed by atoms with Gasteiger partial charge in [0.05, 0.1) is 5.41 Å². The molecule has 0 N–H and O–H groups in total.